The first-order valence-corrected chi connectivity index (χ1v) is 9.71. The highest BCUT2D eigenvalue weighted by Crippen LogP contribution is 2.57. The number of nitrogens with zero attached hydrogens (tertiary/aromatic N) is 2. The fourth-order valence-corrected chi connectivity index (χ4v) is 2.74. The quantitative estimate of drug-likeness (QED) is 0.488. The third-order valence-corrected chi connectivity index (χ3v) is 4.27. The van der Waals surface area contributed by atoms with Crippen LogP contribution in [0.2, 0.25) is 0 Å². The van der Waals surface area contributed by atoms with Crippen LogP contribution in [0.25, 0.3) is 0 Å². The van der Waals surface area contributed by atoms with Gasteiger partial charge in [-0.15, -0.1) is 0 Å². The Kier molecular flexibility index (Phi) is 5.70. The number of hydrogen-bond acceptors (Lipinski definition) is 9. The number of nitrogen functional groups attached to an aromatic ring is 1. The topological polar surface area (TPSA) is 157 Å². The normalized spacial score (nSPS) is 28.2. The van der Waals surface area contributed by atoms with E-state index in [0.29, 0.717) is 0 Å². The lowest BCUT2D eigenvalue weighted by atomic mass is 10.1. The van der Waals surface area contributed by atoms with Crippen LogP contribution in [0.3, 0.4) is 0 Å². The zero-order valence-electron chi connectivity index (χ0n) is 11.5. The Labute approximate surface area is 139 Å². The third-order valence-electron chi connectivity index (χ3n) is 3.23. The predicted molar refractivity (Wildman–Crippen MR) is 80.0 cm³/mol. The molecule has 23 heavy (non-hydrogen) atoms. The zero-order chi connectivity index (χ0) is 17.4. The molecular formula is C10H14Cl2N3O7P. The van der Waals surface area contributed by atoms with E-state index >= 15 is 0 Å². The molecule has 0 saturated carbocycles. The molecule has 10 nitrogen and oxygen atoms in total. The van der Waals surface area contributed by atoms with Gasteiger partial charge in [0.25, 0.3) is 0 Å². The average Bonchev–Trinajstić information content (AvgIpc) is 2.73. The standard InChI is InChI=1S/C10H14Cl2N3O7P/c11-23(12,20)21-3-5-6(17)7(18)9(22-5)15-1-4(2-16)8(13)14-10(15)19/h1,5-7,9,16-18H,2-3H2,(H2,13,14,19)/t5-,6+,7?,9-/m1/s1. The molecular weight excluding hydrogens is 376 g/mol. The molecule has 0 radical (unpaired) electrons. The Hall–Kier alpha value is -0.710. The van der Waals surface area contributed by atoms with Crippen molar-refractivity contribution in [3.05, 3.63) is 22.2 Å². The van der Waals surface area contributed by atoms with Gasteiger partial charge in [-0.3, -0.25) is 9.13 Å². The molecule has 1 aromatic heterocycles. The van der Waals surface area contributed by atoms with Crippen LogP contribution >= 0.6 is 28.6 Å². The molecule has 2 rings (SSSR count). The number of rotatable bonds is 5. The Morgan fingerprint density at radius 3 is 2.65 bits per heavy atom. The summed E-state index contributed by atoms with van der Waals surface area (Å²) >= 11 is 10.4. The van der Waals surface area contributed by atoms with Gasteiger partial charge in [-0.05, 0) is 22.5 Å². The molecule has 1 fully saturated rings. The molecule has 1 saturated heterocycles. The fourth-order valence-electron chi connectivity index (χ4n) is 2.08. The number of hydrogen-bond donors (Lipinski definition) is 4. The molecule has 0 spiro atoms. The zero-order valence-corrected chi connectivity index (χ0v) is 13.9. The van der Waals surface area contributed by atoms with Gasteiger partial charge in [0.15, 0.2) is 6.23 Å². The van der Waals surface area contributed by atoms with Gasteiger partial charge in [0.05, 0.1) is 13.2 Å². The van der Waals surface area contributed by atoms with Crippen molar-refractivity contribution >= 4 is 34.4 Å². The van der Waals surface area contributed by atoms with Gasteiger partial charge in [0, 0.05) is 11.8 Å². The maximum atomic E-state index is 11.9. The van der Waals surface area contributed by atoms with Crippen molar-refractivity contribution in [2.45, 2.75) is 31.1 Å². The van der Waals surface area contributed by atoms with E-state index in [0.717, 1.165) is 10.8 Å². The summed E-state index contributed by atoms with van der Waals surface area (Å²) in [5.74, 6) is -0.160. The molecule has 0 bridgehead atoms. The summed E-state index contributed by atoms with van der Waals surface area (Å²) in [6, 6.07) is 0. The Bertz CT molecular complexity index is 681. The first-order valence-electron chi connectivity index (χ1n) is 6.28. The average molecular weight is 390 g/mol. The van der Waals surface area contributed by atoms with Gasteiger partial charge >= 0.3 is 11.8 Å². The van der Waals surface area contributed by atoms with Gasteiger partial charge in [0.2, 0.25) is 0 Å². The van der Waals surface area contributed by atoms with Crippen LogP contribution in [0, 0.1) is 0 Å². The van der Waals surface area contributed by atoms with E-state index in [4.69, 9.17) is 38.1 Å². The fraction of sp³-hybridized carbons (Fsp3) is 0.600. The highest BCUT2D eigenvalue weighted by atomic mass is 35.9. The van der Waals surface area contributed by atoms with Gasteiger partial charge in [0.1, 0.15) is 24.1 Å². The van der Waals surface area contributed by atoms with Crippen molar-refractivity contribution in [2.75, 3.05) is 12.3 Å². The van der Waals surface area contributed by atoms with Crippen molar-refractivity contribution in [1.82, 2.24) is 9.55 Å². The van der Waals surface area contributed by atoms with E-state index in [1.807, 2.05) is 0 Å². The minimum absolute atomic E-state index is 0.139. The lowest BCUT2D eigenvalue weighted by Gasteiger charge is -2.18. The molecule has 130 valence electrons. The SMILES string of the molecule is Nc1nc(=O)n([C@@H]2O[C@H](COP(=O)(Cl)Cl)[C@H](O)C2O)cc1CO. The van der Waals surface area contributed by atoms with Crippen LogP contribution in [0.5, 0.6) is 0 Å². The lowest BCUT2D eigenvalue weighted by Crippen LogP contribution is -2.36. The van der Waals surface area contributed by atoms with E-state index in [2.05, 4.69) is 9.51 Å². The van der Waals surface area contributed by atoms with Crippen LogP contribution in [-0.4, -0.2) is 49.8 Å². The van der Waals surface area contributed by atoms with Gasteiger partial charge in [-0.2, -0.15) is 4.98 Å². The minimum atomic E-state index is -3.84. The second kappa shape index (κ2) is 7.04. The first-order chi connectivity index (χ1) is 10.6. The highest BCUT2D eigenvalue weighted by Gasteiger charge is 2.45. The number of ether oxygens (including phenoxy) is 1. The first kappa shape index (κ1) is 18.6. The second-order valence-corrected chi connectivity index (χ2v) is 9.03. The molecule has 0 amide bonds. The maximum Gasteiger partial charge on any atom is 0.380 e. The summed E-state index contributed by atoms with van der Waals surface area (Å²) in [4.78, 5) is 15.4. The maximum absolute atomic E-state index is 11.9. The van der Waals surface area contributed by atoms with Crippen molar-refractivity contribution in [3.63, 3.8) is 0 Å². The summed E-state index contributed by atoms with van der Waals surface area (Å²) < 4.78 is 21.9. The molecule has 4 atom stereocenters. The molecule has 1 aliphatic rings. The Morgan fingerprint density at radius 2 is 2.09 bits per heavy atom. The molecule has 1 unspecified atom stereocenters. The number of aliphatic hydroxyl groups excluding tert-OH is 3. The summed E-state index contributed by atoms with van der Waals surface area (Å²) in [5.41, 5.74) is 4.76. The van der Waals surface area contributed by atoms with E-state index in [9.17, 15) is 19.6 Å². The number of anilines is 1. The van der Waals surface area contributed by atoms with Gasteiger partial charge < -0.3 is 30.3 Å². The Morgan fingerprint density at radius 1 is 1.43 bits per heavy atom. The predicted octanol–water partition coefficient (Wildman–Crippen LogP) is -0.461. The molecule has 13 heteroatoms. The number of aromatic nitrogens is 2. The second-order valence-electron chi connectivity index (χ2n) is 4.76. The van der Waals surface area contributed by atoms with Crippen molar-refractivity contribution in [1.29, 1.82) is 0 Å². The van der Waals surface area contributed by atoms with Crippen LogP contribution < -0.4 is 11.4 Å². The third kappa shape index (κ3) is 4.23. The van der Waals surface area contributed by atoms with E-state index in [1.54, 1.807) is 0 Å². The van der Waals surface area contributed by atoms with Gasteiger partial charge in [-0.1, -0.05) is 0 Å². The Balaban J connectivity index is 2.24. The van der Waals surface area contributed by atoms with E-state index < -0.39 is 49.5 Å². The molecule has 0 aliphatic carbocycles. The van der Waals surface area contributed by atoms with Crippen molar-refractivity contribution in [3.8, 4) is 0 Å². The molecule has 0 aromatic carbocycles. The number of nitrogens with two attached hydrogens (primary N) is 1. The van der Waals surface area contributed by atoms with Crippen molar-refractivity contribution in [2.24, 2.45) is 0 Å². The van der Waals surface area contributed by atoms with Crippen LogP contribution in [0.15, 0.2) is 11.0 Å². The molecule has 5 N–H and O–H groups in total. The summed E-state index contributed by atoms with van der Waals surface area (Å²) in [7, 11) is 0. The van der Waals surface area contributed by atoms with Gasteiger partial charge in [-0.25, -0.2) is 4.79 Å². The monoisotopic (exact) mass is 389 g/mol. The number of halogens is 2. The van der Waals surface area contributed by atoms with Crippen LogP contribution in [0.1, 0.15) is 11.8 Å². The number of aliphatic hydroxyl groups is 3. The summed E-state index contributed by atoms with van der Waals surface area (Å²) in [5, 5.41) is 29.1. The lowest BCUT2D eigenvalue weighted by molar-refractivity contribution is -0.0508. The molecule has 1 aromatic rings. The van der Waals surface area contributed by atoms with Crippen LogP contribution in [0.4, 0.5) is 5.82 Å². The van der Waals surface area contributed by atoms with E-state index in [-0.39, 0.29) is 11.4 Å². The van der Waals surface area contributed by atoms with Crippen LogP contribution in [-0.2, 0) is 20.4 Å². The smallest absolute Gasteiger partial charge is 0.380 e. The molecule has 2 heterocycles. The summed E-state index contributed by atoms with van der Waals surface area (Å²) in [6.07, 6.45) is -8.10. The minimum Gasteiger partial charge on any atom is -0.391 e. The van der Waals surface area contributed by atoms with Crippen molar-refractivity contribution < 1.29 is 29.1 Å². The van der Waals surface area contributed by atoms with E-state index in [1.165, 1.54) is 0 Å². The summed E-state index contributed by atoms with van der Waals surface area (Å²) in [6.45, 7) is -0.957. The molecule has 1 aliphatic heterocycles. The largest absolute Gasteiger partial charge is 0.391 e. The highest BCUT2D eigenvalue weighted by molar-refractivity contribution is 8.05.